The third kappa shape index (κ3) is 54.2. The van der Waals surface area contributed by atoms with Gasteiger partial charge in [-0.05, 0) is 96.3 Å². The molecule has 9 heteroatoms. The third-order valence-corrected chi connectivity index (χ3v) is 12.1. The number of allylic oxidation sites excluding steroid dienone is 16. The van der Waals surface area contributed by atoms with Gasteiger partial charge in [-0.15, -0.1) is 0 Å². The maximum atomic E-state index is 12.8. The average molecular weight is 957 g/mol. The summed E-state index contributed by atoms with van der Waals surface area (Å²) < 4.78 is 35.2. The van der Waals surface area contributed by atoms with E-state index in [-0.39, 0.29) is 25.8 Å². The highest BCUT2D eigenvalue weighted by molar-refractivity contribution is 7.47. The van der Waals surface area contributed by atoms with Gasteiger partial charge in [-0.25, -0.2) is 4.57 Å². The largest absolute Gasteiger partial charge is 0.472 e. The van der Waals surface area contributed by atoms with E-state index in [0.29, 0.717) is 24.1 Å². The smallest absolute Gasteiger partial charge is 0.457 e. The Bertz CT molecular complexity index is 1390. The molecule has 0 aromatic rings. The van der Waals surface area contributed by atoms with Gasteiger partial charge in [0.05, 0.1) is 34.4 Å². The Morgan fingerprint density at radius 2 is 0.866 bits per heavy atom. The fraction of sp³-hybridized carbons (Fsp3) is 0.707. The average Bonchev–Trinajstić information content (AvgIpc) is 3.29. The molecule has 0 bridgehead atoms. The highest BCUT2D eigenvalue weighted by Crippen LogP contribution is 2.43. The van der Waals surface area contributed by atoms with Crippen LogP contribution in [0.25, 0.3) is 0 Å². The van der Waals surface area contributed by atoms with Crippen LogP contribution in [0.3, 0.4) is 0 Å². The van der Waals surface area contributed by atoms with Gasteiger partial charge in [-0.1, -0.05) is 201 Å². The van der Waals surface area contributed by atoms with E-state index in [1.807, 2.05) is 21.1 Å². The molecule has 67 heavy (non-hydrogen) atoms. The molecule has 0 aliphatic carbocycles. The van der Waals surface area contributed by atoms with Crippen LogP contribution in [-0.2, 0) is 27.9 Å². The van der Waals surface area contributed by atoms with Gasteiger partial charge in [0, 0.05) is 13.0 Å². The number of carbonyl (C=O) groups excluding carboxylic acids is 1. The summed E-state index contributed by atoms with van der Waals surface area (Å²) >= 11 is 0. The van der Waals surface area contributed by atoms with Crippen molar-refractivity contribution in [2.45, 2.75) is 213 Å². The maximum Gasteiger partial charge on any atom is 0.472 e. The topological polar surface area (TPSA) is 91.3 Å². The van der Waals surface area contributed by atoms with Crippen molar-refractivity contribution in [1.29, 1.82) is 0 Å². The molecule has 2 atom stereocenters. The summed E-state index contributed by atoms with van der Waals surface area (Å²) in [5.74, 6) is -0.332. The number of nitrogens with zero attached hydrogens (tertiary/aromatic N) is 1. The Morgan fingerprint density at radius 1 is 0.478 bits per heavy atom. The second-order valence-electron chi connectivity index (χ2n) is 18.9. The lowest BCUT2D eigenvalue weighted by atomic mass is 10.1. The van der Waals surface area contributed by atoms with Crippen molar-refractivity contribution in [3.05, 3.63) is 97.2 Å². The molecular weight excluding hydrogens is 854 g/mol. The Kier molecular flexibility index (Phi) is 47.9. The van der Waals surface area contributed by atoms with Crippen LogP contribution in [0, 0.1) is 0 Å². The summed E-state index contributed by atoms with van der Waals surface area (Å²) in [5.41, 5.74) is 0. The molecule has 386 valence electrons. The second-order valence-corrected chi connectivity index (χ2v) is 20.3. The van der Waals surface area contributed by atoms with Gasteiger partial charge in [-0.2, -0.15) is 0 Å². The van der Waals surface area contributed by atoms with Crippen molar-refractivity contribution in [3.63, 3.8) is 0 Å². The predicted molar refractivity (Wildman–Crippen MR) is 288 cm³/mol. The van der Waals surface area contributed by atoms with E-state index >= 15 is 0 Å². The highest BCUT2D eigenvalue weighted by Gasteiger charge is 2.26. The number of rotatable bonds is 49. The van der Waals surface area contributed by atoms with Crippen LogP contribution in [0.2, 0.25) is 0 Å². The standard InChI is InChI=1S/C58H102NO7P/c1-6-8-10-12-14-16-18-20-22-24-26-28-29-30-31-32-33-35-37-39-41-43-45-47-49-51-58(60)66-57(56-65-67(61,62)64-54-52-59(3,4)5)55-63-53-50-48-46-44-42-40-38-36-34-27-25-23-21-19-17-15-13-11-9-7-2/h8,10,14-17,20-23,26,28,30-31,33,35,57H,6-7,9,11-13,18-19,24-25,27,29,32,34,36-56H2,1-5H3/p+1/b10-8-,16-14-,17-15-,22-20-,23-21-,28-26-,31-30-,35-33-. The lowest BCUT2D eigenvalue weighted by molar-refractivity contribution is -0.870. The zero-order valence-electron chi connectivity index (χ0n) is 43.9. The summed E-state index contributed by atoms with van der Waals surface area (Å²) in [5, 5.41) is 0. The first-order chi connectivity index (χ1) is 32.6. The van der Waals surface area contributed by atoms with Gasteiger partial charge in [0.25, 0.3) is 0 Å². The number of phosphoric acid groups is 1. The molecule has 0 aliphatic heterocycles. The van der Waals surface area contributed by atoms with Crippen molar-refractivity contribution in [3.8, 4) is 0 Å². The van der Waals surface area contributed by atoms with E-state index in [9.17, 15) is 14.3 Å². The van der Waals surface area contributed by atoms with Gasteiger partial charge in [-0.3, -0.25) is 13.8 Å². The molecule has 0 heterocycles. The van der Waals surface area contributed by atoms with Crippen molar-refractivity contribution in [2.75, 3.05) is 54.1 Å². The van der Waals surface area contributed by atoms with E-state index in [2.05, 4.69) is 111 Å². The number of hydrogen-bond donors (Lipinski definition) is 1. The Labute approximate surface area is 413 Å². The van der Waals surface area contributed by atoms with E-state index in [0.717, 1.165) is 89.9 Å². The Balaban J connectivity index is 4.19. The minimum absolute atomic E-state index is 0.0797. The van der Waals surface area contributed by atoms with Crippen LogP contribution in [0.1, 0.15) is 206 Å². The minimum Gasteiger partial charge on any atom is -0.457 e. The number of unbranched alkanes of at least 4 members (excludes halogenated alkanes) is 19. The zero-order valence-corrected chi connectivity index (χ0v) is 44.7. The molecule has 0 saturated carbocycles. The molecule has 0 spiro atoms. The van der Waals surface area contributed by atoms with Crippen LogP contribution in [0.15, 0.2) is 97.2 Å². The first-order valence-electron chi connectivity index (χ1n) is 27.0. The summed E-state index contributed by atoms with van der Waals surface area (Å²) in [7, 11) is 1.64. The van der Waals surface area contributed by atoms with Crippen molar-refractivity contribution >= 4 is 13.8 Å². The van der Waals surface area contributed by atoms with Gasteiger partial charge in [0.2, 0.25) is 0 Å². The summed E-state index contributed by atoms with van der Waals surface area (Å²) in [6, 6.07) is 0. The first-order valence-corrected chi connectivity index (χ1v) is 28.5. The SMILES string of the molecule is CC/C=C\C/C=C\C/C=C\C/C=C\C/C=C\C/C=C\CCCCCCCCC(=O)OC(COCCCCCCCCCCCC/C=C\C/C=C\CCCCC)COP(=O)(O)OCC[N+](C)(C)C. The monoisotopic (exact) mass is 957 g/mol. The summed E-state index contributed by atoms with van der Waals surface area (Å²) in [6.45, 7) is 5.45. The highest BCUT2D eigenvalue weighted by atomic mass is 31.2. The van der Waals surface area contributed by atoms with Crippen molar-refractivity contribution in [2.24, 2.45) is 0 Å². The molecule has 8 nitrogen and oxygen atoms in total. The van der Waals surface area contributed by atoms with Gasteiger partial charge in [0.15, 0.2) is 0 Å². The number of likely N-dealkylation sites (N-methyl/N-ethyl adjacent to an activating group) is 1. The molecular formula is C58H103NO7P+. The molecule has 2 unspecified atom stereocenters. The van der Waals surface area contributed by atoms with Crippen LogP contribution in [0.4, 0.5) is 0 Å². The number of ether oxygens (including phenoxy) is 2. The van der Waals surface area contributed by atoms with Gasteiger partial charge < -0.3 is 18.9 Å². The molecule has 0 aromatic heterocycles. The minimum atomic E-state index is -4.29. The third-order valence-electron chi connectivity index (χ3n) is 11.1. The van der Waals surface area contributed by atoms with Gasteiger partial charge >= 0.3 is 13.8 Å². The molecule has 1 N–H and O–H groups in total. The maximum absolute atomic E-state index is 12.8. The van der Waals surface area contributed by atoms with Crippen LogP contribution in [-0.4, -0.2) is 75.6 Å². The molecule has 0 amide bonds. The van der Waals surface area contributed by atoms with Gasteiger partial charge in [0.1, 0.15) is 19.3 Å². The fourth-order valence-corrected chi connectivity index (χ4v) is 7.74. The molecule has 0 aliphatic rings. The van der Waals surface area contributed by atoms with E-state index in [1.54, 1.807) is 0 Å². The summed E-state index contributed by atoms with van der Waals surface area (Å²) in [6.07, 6.45) is 68.8. The Morgan fingerprint density at radius 3 is 1.30 bits per heavy atom. The number of quaternary nitrogens is 1. The van der Waals surface area contributed by atoms with Crippen LogP contribution >= 0.6 is 7.82 Å². The number of hydrogen-bond acceptors (Lipinski definition) is 6. The Hall–Kier alpha value is -2.58. The fourth-order valence-electron chi connectivity index (χ4n) is 7.00. The second kappa shape index (κ2) is 49.8. The van der Waals surface area contributed by atoms with E-state index in [1.165, 1.54) is 96.3 Å². The summed E-state index contributed by atoms with van der Waals surface area (Å²) in [4.78, 5) is 23.0. The number of carbonyl (C=O) groups is 1. The first kappa shape index (κ1) is 64.4. The van der Waals surface area contributed by atoms with Crippen LogP contribution in [0.5, 0.6) is 0 Å². The molecule has 0 aromatic carbocycles. The van der Waals surface area contributed by atoms with Crippen molar-refractivity contribution < 1.29 is 37.3 Å². The molecule has 0 radical (unpaired) electrons. The number of esters is 1. The quantitative estimate of drug-likeness (QED) is 0.0213. The van der Waals surface area contributed by atoms with Crippen LogP contribution < -0.4 is 0 Å². The zero-order chi connectivity index (χ0) is 49.0. The van der Waals surface area contributed by atoms with E-state index < -0.39 is 13.9 Å². The molecule has 0 fully saturated rings. The molecule has 0 rings (SSSR count). The number of phosphoric ester groups is 1. The van der Waals surface area contributed by atoms with Crippen molar-refractivity contribution in [1.82, 2.24) is 0 Å². The molecule has 0 saturated heterocycles. The lowest BCUT2D eigenvalue weighted by Gasteiger charge is -2.24. The normalized spacial score (nSPS) is 14.3. The van der Waals surface area contributed by atoms with E-state index in [4.69, 9.17) is 18.5 Å². The predicted octanol–water partition coefficient (Wildman–Crippen LogP) is 16.9. The lowest BCUT2D eigenvalue weighted by Crippen LogP contribution is -2.37.